The topological polar surface area (TPSA) is 9.23 Å². The molecule has 0 saturated heterocycles. The van der Waals surface area contributed by atoms with Gasteiger partial charge in [0.05, 0.1) is 11.6 Å². The molecule has 1 nitrogen and oxygen atoms in total. The van der Waals surface area contributed by atoms with Gasteiger partial charge in [-0.3, -0.25) is 0 Å². The minimum absolute atomic E-state index is 0.901. The van der Waals surface area contributed by atoms with E-state index in [1.165, 1.54) is 22.3 Å². The molecule has 0 aromatic heterocycles. The minimum Gasteiger partial charge on any atom is -0.495 e. The highest BCUT2D eigenvalue weighted by atomic mass is 79.9. The second-order valence-electron chi connectivity index (χ2n) is 4.72. The van der Waals surface area contributed by atoms with Crippen molar-refractivity contribution in [3.05, 3.63) is 63.1 Å². The third-order valence-corrected chi connectivity index (χ3v) is 4.09. The second kappa shape index (κ2) is 6.25. The van der Waals surface area contributed by atoms with Gasteiger partial charge in [-0.2, -0.15) is 0 Å². The van der Waals surface area contributed by atoms with E-state index in [4.69, 9.17) is 4.74 Å². The van der Waals surface area contributed by atoms with Crippen molar-refractivity contribution in [3.63, 3.8) is 0 Å². The lowest BCUT2D eigenvalue weighted by atomic mass is 9.98. The van der Waals surface area contributed by atoms with Gasteiger partial charge in [0, 0.05) is 12.0 Å². The zero-order valence-corrected chi connectivity index (χ0v) is 13.3. The summed E-state index contributed by atoms with van der Waals surface area (Å²) in [5.74, 6) is 0.944. The van der Waals surface area contributed by atoms with Crippen LogP contribution >= 0.6 is 15.9 Å². The van der Waals surface area contributed by atoms with Crippen molar-refractivity contribution < 1.29 is 4.74 Å². The summed E-state index contributed by atoms with van der Waals surface area (Å²) >= 11 is 3.55. The molecule has 0 heterocycles. The molecule has 2 aromatic carbocycles. The highest BCUT2D eigenvalue weighted by Gasteiger charge is 2.11. The SMILES string of the molecule is CCc1ccc(Cc2c(C)ccc(Br)c2OC)cc1. The largest absolute Gasteiger partial charge is 0.495 e. The molecule has 0 aliphatic rings. The fourth-order valence-corrected chi connectivity index (χ4v) is 2.77. The van der Waals surface area contributed by atoms with Crippen LogP contribution in [-0.2, 0) is 12.8 Å². The van der Waals surface area contributed by atoms with E-state index >= 15 is 0 Å². The fourth-order valence-electron chi connectivity index (χ4n) is 2.24. The summed E-state index contributed by atoms with van der Waals surface area (Å²) in [7, 11) is 1.73. The molecule has 0 aliphatic heterocycles. The number of halogens is 1. The first-order valence-corrected chi connectivity index (χ1v) is 7.34. The lowest BCUT2D eigenvalue weighted by Gasteiger charge is -2.13. The van der Waals surface area contributed by atoms with Gasteiger partial charge in [0.15, 0.2) is 0 Å². The molecule has 0 spiro atoms. The molecule has 0 amide bonds. The van der Waals surface area contributed by atoms with Crippen LogP contribution in [0.5, 0.6) is 5.75 Å². The molecule has 0 radical (unpaired) electrons. The van der Waals surface area contributed by atoms with Crippen molar-refractivity contribution in [2.24, 2.45) is 0 Å². The zero-order valence-electron chi connectivity index (χ0n) is 11.7. The molecule has 2 heteroatoms. The van der Waals surface area contributed by atoms with Crippen LogP contribution in [-0.4, -0.2) is 7.11 Å². The maximum Gasteiger partial charge on any atom is 0.136 e. The Balaban J connectivity index is 2.34. The van der Waals surface area contributed by atoms with Crippen molar-refractivity contribution >= 4 is 15.9 Å². The molecular formula is C17H19BrO. The van der Waals surface area contributed by atoms with Crippen LogP contribution < -0.4 is 4.74 Å². The van der Waals surface area contributed by atoms with E-state index in [1.54, 1.807) is 7.11 Å². The average Bonchev–Trinajstić information content (AvgIpc) is 2.44. The standard InChI is InChI=1S/C17H19BrO/c1-4-13-6-8-14(9-7-13)11-15-12(2)5-10-16(18)17(15)19-3/h5-10H,4,11H2,1-3H3. The van der Waals surface area contributed by atoms with Gasteiger partial charge in [-0.05, 0) is 52.0 Å². The van der Waals surface area contributed by atoms with E-state index in [9.17, 15) is 0 Å². The van der Waals surface area contributed by atoms with Gasteiger partial charge in [0.1, 0.15) is 5.75 Å². The Morgan fingerprint density at radius 3 is 2.21 bits per heavy atom. The predicted octanol–water partition coefficient (Wildman–Crippen LogP) is 4.92. The first-order chi connectivity index (χ1) is 9.15. The maximum atomic E-state index is 5.53. The number of hydrogen-bond donors (Lipinski definition) is 0. The lowest BCUT2D eigenvalue weighted by molar-refractivity contribution is 0.407. The smallest absolute Gasteiger partial charge is 0.136 e. The molecule has 0 fully saturated rings. The Kier molecular flexibility index (Phi) is 4.65. The van der Waals surface area contributed by atoms with Gasteiger partial charge < -0.3 is 4.74 Å². The van der Waals surface area contributed by atoms with Crippen LogP contribution in [0.2, 0.25) is 0 Å². The molecule has 0 aliphatic carbocycles. The van der Waals surface area contributed by atoms with E-state index in [-0.39, 0.29) is 0 Å². The first-order valence-electron chi connectivity index (χ1n) is 6.55. The number of hydrogen-bond acceptors (Lipinski definition) is 1. The Morgan fingerprint density at radius 1 is 1.00 bits per heavy atom. The Hall–Kier alpha value is -1.28. The van der Waals surface area contributed by atoms with Gasteiger partial charge in [-0.25, -0.2) is 0 Å². The summed E-state index contributed by atoms with van der Waals surface area (Å²) in [6.07, 6.45) is 1.98. The second-order valence-corrected chi connectivity index (χ2v) is 5.58. The summed E-state index contributed by atoms with van der Waals surface area (Å²) < 4.78 is 6.54. The quantitative estimate of drug-likeness (QED) is 0.777. The molecular weight excluding hydrogens is 300 g/mol. The van der Waals surface area contributed by atoms with Crippen LogP contribution in [0.15, 0.2) is 40.9 Å². The summed E-state index contributed by atoms with van der Waals surface area (Å²) in [6, 6.07) is 13.0. The summed E-state index contributed by atoms with van der Waals surface area (Å²) in [4.78, 5) is 0. The molecule has 0 bridgehead atoms. The third-order valence-electron chi connectivity index (χ3n) is 3.46. The highest BCUT2D eigenvalue weighted by molar-refractivity contribution is 9.10. The average molecular weight is 319 g/mol. The fraction of sp³-hybridized carbons (Fsp3) is 0.294. The normalized spacial score (nSPS) is 10.5. The van der Waals surface area contributed by atoms with Crippen molar-refractivity contribution in [1.82, 2.24) is 0 Å². The highest BCUT2D eigenvalue weighted by Crippen LogP contribution is 2.32. The Morgan fingerprint density at radius 2 is 1.63 bits per heavy atom. The van der Waals surface area contributed by atoms with Crippen LogP contribution in [0.25, 0.3) is 0 Å². The molecule has 0 atom stereocenters. The third kappa shape index (κ3) is 3.19. The van der Waals surface area contributed by atoms with Crippen molar-refractivity contribution in [2.45, 2.75) is 26.7 Å². The molecule has 2 rings (SSSR count). The number of aryl methyl sites for hydroxylation is 2. The van der Waals surface area contributed by atoms with Crippen molar-refractivity contribution in [3.8, 4) is 5.75 Å². The van der Waals surface area contributed by atoms with Crippen LogP contribution in [0.3, 0.4) is 0 Å². The van der Waals surface area contributed by atoms with Crippen LogP contribution in [0.1, 0.15) is 29.2 Å². The molecule has 19 heavy (non-hydrogen) atoms. The number of benzene rings is 2. The van der Waals surface area contributed by atoms with Gasteiger partial charge in [-0.1, -0.05) is 37.3 Å². The van der Waals surface area contributed by atoms with Crippen LogP contribution in [0, 0.1) is 6.92 Å². The molecule has 0 N–H and O–H groups in total. The first kappa shape index (κ1) is 14.1. The Bertz CT molecular complexity index is 558. The monoisotopic (exact) mass is 318 g/mol. The van der Waals surface area contributed by atoms with Gasteiger partial charge in [0.2, 0.25) is 0 Å². The summed E-state index contributed by atoms with van der Waals surface area (Å²) in [5, 5.41) is 0. The van der Waals surface area contributed by atoms with Crippen LogP contribution in [0.4, 0.5) is 0 Å². The summed E-state index contributed by atoms with van der Waals surface area (Å²) in [5.41, 5.74) is 5.21. The van der Waals surface area contributed by atoms with E-state index in [2.05, 4.69) is 60.1 Å². The van der Waals surface area contributed by atoms with Gasteiger partial charge in [-0.15, -0.1) is 0 Å². The predicted molar refractivity (Wildman–Crippen MR) is 84.1 cm³/mol. The van der Waals surface area contributed by atoms with E-state index < -0.39 is 0 Å². The number of ether oxygens (including phenoxy) is 1. The molecule has 0 saturated carbocycles. The number of rotatable bonds is 4. The molecule has 100 valence electrons. The lowest BCUT2D eigenvalue weighted by Crippen LogP contribution is -1.98. The van der Waals surface area contributed by atoms with E-state index in [1.807, 2.05) is 6.07 Å². The molecule has 2 aromatic rings. The zero-order chi connectivity index (χ0) is 13.8. The van der Waals surface area contributed by atoms with Gasteiger partial charge in [0.25, 0.3) is 0 Å². The van der Waals surface area contributed by atoms with E-state index in [0.717, 1.165) is 23.1 Å². The van der Waals surface area contributed by atoms with Gasteiger partial charge >= 0.3 is 0 Å². The van der Waals surface area contributed by atoms with Crippen molar-refractivity contribution in [2.75, 3.05) is 7.11 Å². The number of methoxy groups -OCH3 is 1. The Labute approximate surface area is 123 Å². The van der Waals surface area contributed by atoms with Crippen molar-refractivity contribution in [1.29, 1.82) is 0 Å². The molecule has 0 unspecified atom stereocenters. The summed E-state index contributed by atoms with van der Waals surface area (Å²) in [6.45, 7) is 4.31. The maximum absolute atomic E-state index is 5.53. The van der Waals surface area contributed by atoms with E-state index in [0.29, 0.717) is 0 Å². The minimum atomic E-state index is 0.901.